The summed E-state index contributed by atoms with van der Waals surface area (Å²) in [5.74, 6) is 0.800. The molecule has 1 amide bonds. The van der Waals surface area contributed by atoms with Crippen LogP contribution in [0.5, 0.6) is 5.75 Å². The second-order valence-corrected chi connectivity index (χ2v) is 7.50. The number of aromatic nitrogens is 1. The van der Waals surface area contributed by atoms with E-state index in [1.807, 2.05) is 41.3 Å². The van der Waals surface area contributed by atoms with Crippen LogP contribution in [-0.2, 0) is 4.74 Å². The van der Waals surface area contributed by atoms with E-state index in [-0.39, 0.29) is 12.0 Å². The first-order valence-corrected chi connectivity index (χ1v) is 10.1. The van der Waals surface area contributed by atoms with E-state index in [0.717, 1.165) is 37.4 Å². The zero-order valence-corrected chi connectivity index (χ0v) is 16.5. The molecule has 0 radical (unpaired) electrons. The Labute approximate surface area is 170 Å². The SMILES string of the molecule is O=C(c1cc(N2CCOCC2)ccn1)N1CCC(Oc2ccc(Cl)cc2)CC1. The Morgan fingerprint density at radius 2 is 1.79 bits per heavy atom. The number of amides is 1. The molecule has 7 heteroatoms. The van der Waals surface area contributed by atoms with Crippen molar-refractivity contribution in [3.63, 3.8) is 0 Å². The number of benzene rings is 1. The topological polar surface area (TPSA) is 54.9 Å². The Bertz CT molecular complexity index is 801. The van der Waals surface area contributed by atoms with Gasteiger partial charge in [0.15, 0.2) is 0 Å². The number of piperidine rings is 1. The Balaban J connectivity index is 1.34. The molecule has 0 unspecified atom stereocenters. The van der Waals surface area contributed by atoms with Gasteiger partial charge in [-0.3, -0.25) is 9.78 Å². The highest BCUT2D eigenvalue weighted by Gasteiger charge is 2.26. The molecule has 4 rings (SSSR count). The molecule has 28 heavy (non-hydrogen) atoms. The molecule has 0 spiro atoms. The predicted octanol–water partition coefficient (Wildman–Crippen LogP) is 3.26. The largest absolute Gasteiger partial charge is 0.490 e. The van der Waals surface area contributed by atoms with Gasteiger partial charge in [0.2, 0.25) is 0 Å². The average molecular weight is 402 g/mol. The lowest BCUT2D eigenvalue weighted by Gasteiger charge is -2.32. The standard InChI is InChI=1S/C21H24ClN3O3/c22-16-1-3-18(4-2-16)28-19-6-9-25(10-7-19)21(26)20-15-17(5-8-23-20)24-11-13-27-14-12-24/h1-5,8,15,19H,6-7,9-14H2. The molecular weight excluding hydrogens is 378 g/mol. The molecule has 2 aliphatic rings. The molecule has 148 valence electrons. The summed E-state index contributed by atoms with van der Waals surface area (Å²) in [5.41, 5.74) is 1.53. The summed E-state index contributed by atoms with van der Waals surface area (Å²) in [4.78, 5) is 21.3. The minimum Gasteiger partial charge on any atom is -0.490 e. The third kappa shape index (κ3) is 4.56. The Hall–Kier alpha value is -2.31. The predicted molar refractivity (Wildman–Crippen MR) is 108 cm³/mol. The van der Waals surface area contributed by atoms with Crippen molar-refractivity contribution in [1.82, 2.24) is 9.88 Å². The van der Waals surface area contributed by atoms with Crippen LogP contribution in [0.15, 0.2) is 42.6 Å². The molecule has 6 nitrogen and oxygen atoms in total. The molecule has 2 fully saturated rings. The highest BCUT2D eigenvalue weighted by molar-refractivity contribution is 6.30. The first-order valence-electron chi connectivity index (χ1n) is 9.69. The van der Waals surface area contributed by atoms with Crippen molar-refractivity contribution in [2.75, 3.05) is 44.3 Å². The third-order valence-electron chi connectivity index (χ3n) is 5.18. The molecule has 0 aliphatic carbocycles. The zero-order valence-electron chi connectivity index (χ0n) is 15.7. The second-order valence-electron chi connectivity index (χ2n) is 7.06. The number of morpholine rings is 1. The number of nitrogens with zero attached hydrogens (tertiary/aromatic N) is 3. The van der Waals surface area contributed by atoms with Crippen molar-refractivity contribution in [2.24, 2.45) is 0 Å². The molecule has 3 heterocycles. The van der Waals surface area contributed by atoms with Gasteiger partial charge in [-0.15, -0.1) is 0 Å². The molecule has 2 saturated heterocycles. The van der Waals surface area contributed by atoms with Crippen LogP contribution < -0.4 is 9.64 Å². The van der Waals surface area contributed by atoms with E-state index in [9.17, 15) is 4.79 Å². The molecule has 2 aliphatic heterocycles. The van der Waals surface area contributed by atoms with E-state index in [0.29, 0.717) is 37.0 Å². The molecule has 0 bridgehead atoms. The van der Waals surface area contributed by atoms with Gasteiger partial charge in [0.1, 0.15) is 17.5 Å². The number of pyridine rings is 1. The first kappa shape index (κ1) is 19.0. The smallest absolute Gasteiger partial charge is 0.272 e. The van der Waals surface area contributed by atoms with Crippen LogP contribution in [0.4, 0.5) is 5.69 Å². The van der Waals surface area contributed by atoms with E-state index in [1.165, 1.54) is 0 Å². The van der Waals surface area contributed by atoms with Gasteiger partial charge in [0, 0.05) is 55.9 Å². The monoisotopic (exact) mass is 401 g/mol. The molecule has 1 aromatic heterocycles. The third-order valence-corrected chi connectivity index (χ3v) is 5.44. The van der Waals surface area contributed by atoms with Crippen molar-refractivity contribution in [2.45, 2.75) is 18.9 Å². The van der Waals surface area contributed by atoms with Crippen molar-refractivity contribution in [1.29, 1.82) is 0 Å². The Kier molecular flexibility index (Phi) is 5.98. The van der Waals surface area contributed by atoms with E-state index in [2.05, 4.69) is 9.88 Å². The summed E-state index contributed by atoms with van der Waals surface area (Å²) < 4.78 is 11.4. The fourth-order valence-electron chi connectivity index (χ4n) is 3.60. The fraction of sp³-hybridized carbons (Fsp3) is 0.429. The summed E-state index contributed by atoms with van der Waals surface area (Å²) in [7, 11) is 0. The van der Waals surface area contributed by atoms with Crippen LogP contribution in [0.25, 0.3) is 0 Å². The lowest BCUT2D eigenvalue weighted by atomic mass is 10.1. The van der Waals surface area contributed by atoms with Crippen molar-refractivity contribution >= 4 is 23.2 Å². The normalized spacial score (nSPS) is 18.2. The number of rotatable bonds is 4. The maximum absolute atomic E-state index is 12.9. The quantitative estimate of drug-likeness (QED) is 0.787. The Morgan fingerprint density at radius 1 is 1.07 bits per heavy atom. The number of ether oxygens (including phenoxy) is 2. The molecule has 2 aromatic rings. The lowest BCUT2D eigenvalue weighted by molar-refractivity contribution is 0.0590. The minimum absolute atomic E-state index is 0.0138. The van der Waals surface area contributed by atoms with Gasteiger partial charge in [0.25, 0.3) is 5.91 Å². The minimum atomic E-state index is -0.0138. The average Bonchev–Trinajstić information content (AvgIpc) is 2.76. The number of likely N-dealkylation sites (tertiary alicyclic amines) is 1. The maximum Gasteiger partial charge on any atom is 0.272 e. The van der Waals surface area contributed by atoms with Crippen LogP contribution in [0.2, 0.25) is 5.02 Å². The van der Waals surface area contributed by atoms with Gasteiger partial charge in [-0.25, -0.2) is 0 Å². The number of hydrogen-bond acceptors (Lipinski definition) is 5. The number of halogens is 1. The maximum atomic E-state index is 12.9. The molecule has 0 N–H and O–H groups in total. The van der Waals surface area contributed by atoms with Crippen molar-refractivity contribution in [3.05, 3.63) is 53.3 Å². The zero-order chi connectivity index (χ0) is 19.3. The van der Waals surface area contributed by atoms with Gasteiger partial charge in [-0.2, -0.15) is 0 Å². The number of carbonyl (C=O) groups excluding carboxylic acids is 1. The van der Waals surface area contributed by atoms with E-state index < -0.39 is 0 Å². The van der Waals surface area contributed by atoms with Crippen LogP contribution in [0, 0.1) is 0 Å². The van der Waals surface area contributed by atoms with Crippen LogP contribution in [0.3, 0.4) is 0 Å². The Morgan fingerprint density at radius 3 is 2.50 bits per heavy atom. The van der Waals surface area contributed by atoms with Crippen LogP contribution in [-0.4, -0.2) is 61.3 Å². The van der Waals surface area contributed by atoms with Crippen LogP contribution in [0.1, 0.15) is 23.3 Å². The molecule has 1 aromatic carbocycles. The van der Waals surface area contributed by atoms with E-state index in [4.69, 9.17) is 21.1 Å². The van der Waals surface area contributed by atoms with E-state index in [1.54, 1.807) is 6.20 Å². The van der Waals surface area contributed by atoms with Gasteiger partial charge >= 0.3 is 0 Å². The highest BCUT2D eigenvalue weighted by atomic mass is 35.5. The molecular formula is C21H24ClN3O3. The van der Waals surface area contributed by atoms with Crippen molar-refractivity contribution in [3.8, 4) is 5.75 Å². The second kappa shape index (κ2) is 8.80. The number of anilines is 1. The summed E-state index contributed by atoms with van der Waals surface area (Å²) in [5, 5.41) is 0.694. The van der Waals surface area contributed by atoms with Gasteiger partial charge < -0.3 is 19.3 Å². The number of hydrogen-bond donors (Lipinski definition) is 0. The van der Waals surface area contributed by atoms with E-state index >= 15 is 0 Å². The number of carbonyl (C=O) groups is 1. The summed E-state index contributed by atoms with van der Waals surface area (Å²) >= 11 is 5.91. The van der Waals surface area contributed by atoms with Crippen molar-refractivity contribution < 1.29 is 14.3 Å². The van der Waals surface area contributed by atoms with Gasteiger partial charge in [-0.05, 0) is 36.4 Å². The highest BCUT2D eigenvalue weighted by Crippen LogP contribution is 2.23. The van der Waals surface area contributed by atoms with Gasteiger partial charge in [0.05, 0.1) is 13.2 Å². The summed E-state index contributed by atoms with van der Waals surface area (Å²) in [6, 6.07) is 11.2. The molecule has 0 atom stereocenters. The first-order chi connectivity index (χ1) is 13.7. The van der Waals surface area contributed by atoms with Gasteiger partial charge in [-0.1, -0.05) is 11.6 Å². The summed E-state index contributed by atoms with van der Waals surface area (Å²) in [6.07, 6.45) is 3.43. The fourth-order valence-corrected chi connectivity index (χ4v) is 3.72. The summed E-state index contributed by atoms with van der Waals surface area (Å²) in [6.45, 7) is 4.44. The lowest BCUT2D eigenvalue weighted by Crippen LogP contribution is -2.42. The molecule has 0 saturated carbocycles. The van der Waals surface area contributed by atoms with Crippen LogP contribution >= 0.6 is 11.6 Å².